The van der Waals surface area contributed by atoms with Crippen LogP contribution in [0.5, 0.6) is 0 Å². The minimum Gasteiger partial charge on any atom is -0.309 e. The van der Waals surface area contributed by atoms with E-state index in [1.54, 1.807) is 0 Å². The van der Waals surface area contributed by atoms with Crippen molar-refractivity contribution < 1.29 is 0 Å². The molecule has 0 aromatic carbocycles. The molecule has 0 aliphatic rings. The van der Waals surface area contributed by atoms with E-state index in [9.17, 15) is 0 Å². The Hall–Kier alpha value is -0.890. The fraction of sp³-hybridized carbons (Fsp3) is 0.444. The second-order valence-electron chi connectivity index (χ2n) is 2.78. The average Bonchev–Trinajstić information content (AvgIpc) is 2.03. The molecule has 1 radical (unpaired) electrons. The fourth-order valence-corrected chi connectivity index (χ4v) is 0.824. The van der Waals surface area contributed by atoms with Crippen molar-refractivity contribution in [3.05, 3.63) is 30.1 Å². The van der Waals surface area contributed by atoms with E-state index in [0.29, 0.717) is 0 Å². The summed E-state index contributed by atoms with van der Waals surface area (Å²) in [6.45, 7) is 1.04. The van der Waals surface area contributed by atoms with Crippen molar-refractivity contribution >= 4 is 0 Å². The molecule has 0 N–H and O–H groups in total. The van der Waals surface area contributed by atoms with Gasteiger partial charge in [-0.3, -0.25) is 4.98 Å². The van der Waals surface area contributed by atoms with Gasteiger partial charge in [-0.25, -0.2) is 0 Å². The molecule has 0 aliphatic carbocycles. The van der Waals surface area contributed by atoms with Crippen LogP contribution in [0.15, 0.2) is 18.3 Å². The van der Waals surface area contributed by atoms with Crippen LogP contribution in [-0.2, 0) is 6.42 Å². The van der Waals surface area contributed by atoms with Crippen molar-refractivity contribution in [1.82, 2.24) is 9.88 Å². The predicted molar refractivity (Wildman–Crippen MR) is 45.3 cm³/mol. The summed E-state index contributed by atoms with van der Waals surface area (Å²) in [5.41, 5.74) is 1.04. The second kappa shape index (κ2) is 4.09. The molecule has 0 atom stereocenters. The van der Waals surface area contributed by atoms with E-state index < -0.39 is 0 Å². The van der Waals surface area contributed by atoms with Crippen molar-refractivity contribution in [3.8, 4) is 0 Å². The van der Waals surface area contributed by atoms with Crippen LogP contribution < -0.4 is 0 Å². The van der Waals surface area contributed by atoms with Crippen molar-refractivity contribution in [2.45, 2.75) is 6.42 Å². The minimum atomic E-state index is 0.980. The van der Waals surface area contributed by atoms with E-state index in [1.807, 2.05) is 18.3 Å². The Bertz CT molecular complexity index is 194. The van der Waals surface area contributed by atoms with Crippen LogP contribution in [0, 0.1) is 6.07 Å². The quantitative estimate of drug-likeness (QED) is 0.637. The molecule has 0 amide bonds. The summed E-state index contributed by atoms with van der Waals surface area (Å²) in [6, 6.07) is 6.87. The van der Waals surface area contributed by atoms with E-state index in [2.05, 4.69) is 30.0 Å². The lowest BCUT2D eigenvalue weighted by molar-refractivity contribution is 0.411. The molecule has 11 heavy (non-hydrogen) atoms. The summed E-state index contributed by atoms with van der Waals surface area (Å²) in [4.78, 5) is 6.31. The SMILES string of the molecule is CN(C)CCc1[c]cccn1. The van der Waals surface area contributed by atoms with E-state index in [0.717, 1.165) is 18.7 Å². The molecule has 2 heteroatoms. The standard InChI is InChI=1S/C9H13N2/c1-11(2)8-6-9-5-3-4-7-10-9/h3-4,7H,6,8H2,1-2H3. The fourth-order valence-electron chi connectivity index (χ4n) is 0.824. The van der Waals surface area contributed by atoms with Gasteiger partial charge in [0.1, 0.15) is 0 Å². The lowest BCUT2D eigenvalue weighted by atomic mass is 10.3. The summed E-state index contributed by atoms with van der Waals surface area (Å²) in [5.74, 6) is 0. The third-order valence-corrected chi connectivity index (χ3v) is 1.46. The number of pyridine rings is 1. The van der Waals surface area contributed by atoms with Crippen LogP contribution >= 0.6 is 0 Å². The Balaban J connectivity index is 2.39. The Morgan fingerprint density at radius 3 is 2.91 bits per heavy atom. The highest BCUT2D eigenvalue weighted by molar-refractivity contribution is 5.01. The van der Waals surface area contributed by atoms with Crippen molar-refractivity contribution in [2.24, 2.45) is 0 Å². The Kier molecular flexibility index (Phi) is 3.05. The summed E-state index contributed by atoms with van der Waals surface area (Å²) >= 11 is 0. The third-order valence-electron chi connectivity index (χ3n) is 1.46. The van der Waals surface area contributed by atoms with Gasteiger partial charge in [0.25, 0.3) is 0 Å². The van der Waals surface area contributed by atoms with Gasteiger partial charge in [-0.2, -0.15) is 0 Å². The molecule has 0 bridgehead atoms. The van der Waals surface area contributed by atoms with Gasteiger partial charge in [0.2, 0.25) is 0 Å². The third kappa shape index (κ3) is 3.14. The normalized spacial score (nSPS) is 10.5. The molecule has 1 aromatic rings. The topological polar surface area (TPSA) is 16.1 Å². The highest BCUT2D eigenvalue weighted by Crippen LogP contribution is 1.93. The van der Waals surface area contributed by atoms with Crippen LogP contribution in [-0.4, -0.2) is 30.5 Å². The van der Waals surface area contributed by atoms with Crippen LogP contribution in [0.3, 0.4) is 0 Å². The zero-order valence-corrected chi connectivity index (χ0v) is 7.04. The molecule has 0 saturated carbocycles. The maximum atomic E-state index is 4.17. The molecule has 2 nitrogen and oxygen atoms in total. The number of hydrogen-bond donors (Lipinski definition) is 0. The largest absolute Gasteiger partial charge is 0.309 e. The first-order valence-corrected chi connectivity index (χ1v) is 3.75. The summed E-state index contributed by atoms with van der Waals surface area (Å²) < 4.78 is 0. The Morgan fingerprint density at radius 1 is 1.55 bits per heavy atom. The summed E-state index contributed by atoms with van der Waals surface area (Å²) in [5, 5.41) is 0. The molecule has 1 rings (SSSR count). The smallest absolute Gasteiger partial charge is 0.0495 e. The number of likely N-dealkylation sites (N-methyl/N-ethyl adjacent to an activating group) is 1. The molecule has 59 valence electrons. The second-order valence-corrected chi connectivity index (χ2v) is 2.78. The minimum absolute atomic E-state index is 0.980. The number of hydrogen-bond acceptors (Lipinski definition) is 2. The van der Waals surface area contributed by atoms with Crippen LogP contribution in [0.25, 0.3) is 0 Å². The van der Waals surface area contributed by atoms with Gasteiger partial charge >= 0.3 is 0 Å². The molecular formula is C9H13N2. The van der Waals surface area contributed by atoms with Gasteiger partial charge in [-0.05, 0) is 20.2 Å². The first-order chi connectivity index (χ1) is 5.29. The number of nitrogens with zero attached hydrogens (tertiary/aromatic N) is 2. The van der Waals surface area contributed by atoms with E-state index in [4.69, 9.17) is 0 Å². The van der Waals surface area contributed by atoms with Gasteiger partial charge in [-0.15, -0.1) is 0 Å². The van der Waals surface area contributed by atoms with Crippen molar-refractivity contribution in [2.75, 3.05) is 20.6 Å². The molecule has 0 spiro atoms. The average molecular weight is 149 g/mol. The molecule has 0 unspecified atom stereocenters. The molecule has 1 heterocycles. The van der Waals surface area contributed by atoms with Gasteiger partial charge in [-0.1, -0.05) is 6.07 Å². The first-order valence-electron chi connectivity index (χ1n) is 3.75. The van der Waals surface area contributed by atoms with Gasteiger partial charge in [0.15, 0.2) is 0 Å². The van der Waals surface area contributed by atoms with Gasteiger partial charge < -0.3 is 4.90 Å². The zero-order valence-electron chi connectivity index (χ0n) is 7.04. The molecule has 0 aliphatic heterocycles. The van der Waals surface area contributed by atoms with E-state index >= 15 is 0 Å². The van der Waals surface area contributed by atoms with Crippen molar-refractivity contribution in [3.63, 3.8) is 0 Å². The van der Waals surface area contributed by atoms with Gasteiger partial charge in [0, 0.05) is 30.9 Å². The summed E-state index contributed by atoms with van der Waals surface area (Å²) in [7, 11) is 4.12. The Morgan fingerprint density at radius 2 is 2.36 bits per heavy atom. The van der Waals surface area contributed by atoms with E-state index in [-0.39, 0.29) is 0 Å². The van der Waals surface area contributed by atoms with Crippen LogP contribution in [0.2, 0.25) is 0 Å². The van der Waals surface area contributed by atoms with Crippen LogP contribution in [0.1, 0.15) is 5.69 Å². The lowest BCUT2D eigenvalue weighted by Crippen LogP contribution is -2.15. The lowest BCUT2D eigenvalue weighted by Gasteiger charge is -2.07. The van der Waals surface area contributed by atoms with E-state index in [1.165, 1.54) is 0 Å². The Labute approximate surface area is 67.9 Å². The highest BCUT2D eigenvalue weighted by Gasteiger charge is 1.93. The monoisotopic (exact) mass is 149 g/mol. The van der Waals surface area contributed by atoms with Crippen molar-refractivity contribution in [1.29, 1.82) is 0 Å². The molecule has 0 fully saturated rings. The molecule has 1 aromatic heterocycles. The van der Waals surface area contributed by atoms with Crippen LogP contribution in [0.4, 0.5) is 0 Å². The summed E-state index contributed by atoms with van der Waals surface area (Å²) in [6.07, 6.45) is 2.79. The molecular weight excluding hydrogens is 136 g/mol. The predicted octanol–water partition coefficient (Wildman–Crippen LogP) is 0.986. The van der Waals surface area contributed by atoms with Gasteiger partial charge in [0.05, 0.1) is 0 Å². The maximum Gasteiger partial charge on any atom is 0.0495 e. The highest BCUT2D eigenvalue weighted by atomic mass is 15.0. The number of aromatic nitrogens is 1. The number of rotatable bonds is 3. The maximum absolute atomic E-state index is 4.17. The first kappa shape index (κ1) is 8.21. The molecule has 0 saturated heterocycles. The zero-order chi connectivity index (χ0) is 8.10.